The van der Waals surface area contributed by atoms with Gasteiger partial charge in [0.2, 0.25) is 29.5 Å². The average molecular weight is 1590 g/mol. The summed E-state index contributed by atoms with van der Waals surface area (Å²) in [4.78, 5) is 113. The van der Waals surface area contributed by atoms with Crippen LogP contribution in [-0.2, 0) is 91.3 Å². The second kappa shape index (κ2) is 38.0. The van der Waals surface area contributed by atoms with Gasteiger partial charge in [-0.2, -0.15) is 0 Å². The number of nitrogens with one attached hydrogen (secondary N) is 4. The number of unbranched alkanes of at least 4 members (excludes halogenated alkanes) is 6. The van der Waals surface area contributed by atoms with E-state index in [4.69, 9.17) is 49.0 Å². The number of rotatable bonds is 38. The quantitative estimate of drug-likeness (QED) is 0.0132. The first-order valence-corrected chi connectivity index (χ1v) is 42.3. The molecule has 0 aliphatic carbocycles. The molecule has 0 bridgehead atoms. The number of carbonyl (C=O) groups excluding carboxylic acids is 5. The summed E-state index contributed by atoms with van der Waals surface area (Å²) in [6.07, 6.45) is 0.659. The fraction of sp³-hybridized carbons (Fsp3) is 0.485. The summed E-state index contributed by atoms with van der Waals surface area (Å²) in [5.41, 5.74) is 18.1. The van der Waals surface area contributed by atoms with Crippen molar-refractivity contribution >= 4 is 120 Å². The number of ether oxygens (including phenoxy) is 2. The number of fused-ring (bicyclic) bond motifs is 7. The van der Waals surface area contributed by atoms with Crippen molar-refractivity contribution in [2.24, 2.45) is 5.92 Å². The number of hydrogen-bond acceptors (Lipinski definition) is 25. The van der Waals surface area contributed by atoms with E-state index in [0.29, 0.717) is 98.8 Å². The van der Waals surface area contributed by atoms with Gasteiger partial charge in [0.05, 0.1) is 56.5 Å². The molecule has 2 fully saturated rings. The molecular formula is C68H87F2N18O15P3S2. The number of hydrogen-bond donors (Lipinski definition) is 8. The number of aromatic nitrogens is 11. The largest absolute Gasteiger partial charge is 0.389 e. The molecule has 5 aromatic heterocycles. The molecular weight excluding hydrogens is 1500 g/mol. The number of nitrogen functional groups attached to an aromatic ring is 2. The van der Waals surface area contributed by atoms with Gasteiger partial charge in [-0.1, -0.05) is 92.9 Å². The molecule has 3 aliphatic heterocycles. The summed E-state index contributed by atoms with van der Waals surface area (Å²) in [5, 5.41) is 20.6. The number of halogens is 2. The normalized spacial score (nSPS) is 20.0. The van der Waals surface area contributed by atoms with Crippen LogP contribution < -0.4 is 37.6 Å². The zero-order valence-electron chi connectivity index (χ0n) is 59.4. The van der Waals surface area contributed by atoms with E-state index in [0.717, 1.165) is 54.4 Å². The highest BCUT2D eigenvalue weighted by Crippen LogP contribution is 2.64. The molecule has 8 heterocycles. The van der Waals surface area contributed by atoms with E-state index in [1.165, 1.54) is 35.0 Å². The Morgan fingerprint density at radius 1 is 0.750 bits per heavy atom. The molecule has 11 rings (SSSR count). The topological polar surface area (TPSA) is 437 Å². The van der Waals surface area contributed by atoms with Crippen LogP contribution in [0, 0.1) is 5.92 Å². The Hall–Kier alpha value is -8.15. The second-order valence-corrected chi connectivity index (χ2v) is 33.2. The van der Waals surface area contributed by atoms with Crippen molar-refractivity contribution in [3.8, 4) is 22.5 Å². The Morgan fingerprint density at radius 3 is 2.12 bits per heavy atom. The molecule has 5 amide bonds. The maximum atomic E-state index is 17.0. The van der Waals surface area contributed by atoms with Gasteiger partial charge in [-0.25, -0.2) is 47.9 Å². The van der Waals surface area contributed by atoms with Gasteiger partial charge in [0.15, 0.2) is 48.7 Å². The van der Waals surface area contributed by atoms with Crippen LogP contribution in [0.15, 0.2) is 98.1 Å². The molecule has 10 N–H and O–H groups in total. The van der Waals surface area contributed by atoms with Gasteiger partial charge in [-0.15, -0.1) is 5.10 Å². The molecule has 0 radical (unpaired) electrons. The Kier molecular flexibility index (Phi) is 28.4. The summed E-state index contributed by atoms with van der Waals surface area (Å²) in [5.74, 6) is -2.04. The van der Waals surface area contributed by atoms with Gasteiger partial charge < -0.3 is 65.9 Å². The summed E-state index contributed by atoms with van der Waals surface area (Å²) < 4.78 is 98.6. The molecule has 12 atom stereocenters. The molecule has 0 spiro atoms. The standard InChI is InChI=1S/C68H87F2N18O15P3S2/c1-40(2)55(82-52(90)22-7-6-15-29-88-59-46-18-9-8-17-43(46)32-85(49-20-11-10-19-47(49)56(59)83-84-88)53(91)23-13-12-21-51(89)73-28-14-4-5-16-30-98-105(96)107)66(93)80-41(3)65(92)81-44-26-24-42(25-27-44)35-108-106(97,100-33-45-31-48(69)67(101-45)86-38-78-57-61(71)74-36-76-63(57)86)103-60-50(34-99-104(94)95)102-68(54(60)70)87-39-79-58-62(72)75-37-77-64(58)87/h8-11,17-20,24-27,36-41,45,48,50,54-55,60,67-68,104-105H,4-7,12-16,21-23,28-35H2,1-3H3,(H,73,89)(H,80,93)(H,81,92)(H,82,90)(H,94,95)(H,96,107)(H2,71,74,76)(H2,72,75,77)/t41-,45-,48+,50+,54+,55-,60+,67+,68+,106?/m0/s1. The van der Waals surface area contributed by atoms with Gasteiger partial charge in [-0.05, 0) is 104 Å². The monoisotopic (exact) mass is 1590 g/mol. The van der Waals surface area contributed by atoms with E-state index in [1.54, 1.807) is 43.0 Å². The number of para-hydroxylation sites is 1. The molecule has 40 heteroatoms. The van der Waals surface area contributed by atoms with Crippen molar-refractivity contribution in [1.82, 2.24) is 70.0 Å². The van der Waals surface area contributed by atoms with Gasteiger partial charge in [0, 0.05) is 61.3 Å². The third kappa shape index (κ3) is 20.6. The minimum absolute atomic E-state index is 0.00728. The van der Waals surface area contributed by atoms with Crippen LogP contribution in [0.5, 0.6) is 0 Å². The van der Waals surface area contributed by atoms with E-state index in [2.05, 4.69) is 68.2 Å². The third-order valence-corrected chi connectivity index (χ3v) is 23.3. The van der Waals surface area contributed by atoms with E-state index < -0.39 is 102 Å². The second-order valence-electron chi connectivity index (χ2n) is 26.5. The lowest BCUT2D eigenvalue weighted by Crippen LogP contribution is -2.53. The van der Waals surface area contributed by atoms with Crippen LogP contribution >= 0.6 is 33.6 Å². The fourth-order valence-corrected chi connectivity index (χ4v) is 17.1. The van der Waals surface area contributed by atoms with Crippen molar-refractivity contribution < 1.29 is 79.2 Å². The van der Waals surface area contributed by atoms with Crippen LogP contribution in [0.3, 0.4) is 0 Å². The number of aryl methyl sites for hydroxylation is 1. The predicted octanol–water partition coefficient (Wildman–Crippen LogP) is 8.90. The summed E-state index contributed by atoms with van der Waals surface area (Å²) in [6, 6.07) is 19.8. The van der Waals surface area contributed by atoms with Crippen molar-refractivity contribution in [2.45, 2.75) is 178 Å². The van der Waals surface area contributed by atoms with Gasteiger partial charge in [-0.3, -0.25) is 46.7 Å². The first-order valence-electron chi connectivity index (χ1n) is 35.4. The van der Waals surface area contributed by atoms with E-state index >= 15 is 13.3 Å². The molecule has 3 unspecified atom stereocenters. The molecule has 580 valence electrons. The minimum Gasteiger partial charge on any atom is -0.382 e. The lowest BCUT2D eigenvalue weighted by atomic mass is 9.95. The lowest BCUT2D eigenvalue weighted by molar-refractivity contribution is -0.131. The summed E-state index contributed by atoms with van der Waals surface area (Å²) in [6.45, 7) is 0.990. The maximum Gasteiger partial charge on any atom is 0.389 e. The highest BCUT2D eigenvalue weighted by molar-refractivity contribution is 8.54. The number of anilines is 4. The summed E-state index contributed by atoms with van der Waals surface area (Å²) >= 11 is 5.32. The first kappa shape index (κ1) is 80.9. The highest BCUT2D eigenvalue weighted by Gasteiger charge is 2.52. The smallest absolute Gasteiger partial charge is 0.382 e. The van der Waals surface area contributed by atoms with Gasteiger partial charge in [0.1, 0.15) is 59.8 Å². The summed E-state index contributed by atoms with van der Waals surface area (Å²) in [7, 11) is -5.69. The number of carbonyl (C=O) groups is 5. The van der Waals surface area contributed by atoms with Gasteiger partial charge in [0.25, 0.3) is 0 Å². The van der Waals surface area contributed by atoms with Crippen molar-refractivity contribution in [1.29, 1.82) is 0 Å². The Balaban J connectivity index is 0.656. The molecule has 108 heavy (non-hydrogen) atoms. The van der Waals surface area contributed by atoms with Crippen LogP contribution in [0.4, 0.5) is 31.8 Å². The van der Waals surface area contributed by atoms with Crippen LogP contribution in [0.25, 0.3) is 44.8 Å². The number of amides is 5. The lowest BCUT2D eigenvalue weighted by Gasteiger charge is -2.28. The SMILES string of the molecule is CC(C)[C@H](NC(=O)CCCCCn1nnc2c1-c1ccccc1CN(C(=O)CCCCC(=O)NCCCCCCO[PH](O)=S)c1ccccc1-2)C(=O)N[C@@H](C)C(=O)Nc1ccc(CSP(=O)(OC[C@@H]2C[C@@H](F)[C@H](n3cnc4c(N)ncnc43)O2)O[C@H]2[C@@H](F)[C@H](n3cnc4c(N)ncnc43)O[C@@H]2CO[PH](=O)O)cc1. The Labute approximate surface area is 630 Å². The molecule has 0 saturated carbocycles. The van der Waals surface area contributed by atoms with Crippen LogP contribution in [0.2, 0.25) is 0 Å². The number of benzene rings is 3. The molecule has 8 aromatic rings. The van der Waals surface area contributed by atoms with Gasteiger partial charge >= 0.3 is 15.1 Å². The molecule has 3 aromatic carbocycles. The van der Waals surface area contributed by atoms with E-state index in [-0.39, 0.29) is 82.6 Å². The number of alkyl halides is 2. The molecule has 33 nitrogen and oxygen atoms in total. The van der Waals surface area contributed by atoms with E-state index in [1.807, 2.05) is 53.2 Å². The average Bonchev–Trinajstić information content (AvgIpc) is 1.55. The highest BCUT2D eigenvalue weighted by atomic mass is 32.7. The van der Waals surface area contributed by atoms with Crippen molar-refractivity contribution in [2.75, 3.05) is 48.0 Å². The van der Waals surface area contributed by atoms with E-state index in [9.17, 15) is 33.4 Å². The Bertz CT molecular complexity index is 4570. The third-order valence-electron chi connectivity index (χ3n) is 18.4. The van der Waals surface area contributed by atoms with Crippen molar-refractivity contribution in [3.05, 3.63) is 109 Å². The minimum atomic E-state index is -4.63. The number of nitrogens with zero attached hydrogens (tertiary/aromatic N) is 12. The zero-order valence-corrected chi connectivity index (χ0v) is 63.9. The molecule has 2 saturated heterocycles. The number of nitrogens with two attached hydrogens (primary N) is 2. The Morgan fingerprint density at radius 2 is 1.41 bits per heavy atom. The zero-order chi connectivity index (χ0) is 76.6. The van der Waals surface area contributed by atoms with Crippen LogP contribution in [0.1, 0.15) is 128 Å². The predicted molar refractivity (Wildman–Crippen MR) is 402 cm³/mol. The molecule has 3 aliphatic rings. The van der Waals surface area contributed by atoms with Crippen LogP contribution in [-0.4, -0.2) is 162 Å². The first-order chi connectivity index (χ1) is 52.0. The maximum absolute atomic E-state index is 17.0. The van der Waals surface area contributed by atoms with Crippen molar-refractivity contribution in [3.63, 3.8) is 0 Å². The fourth-order valence-electron chi connectivity index (χ4n) is 12.8. The number of imidazole rings is 2.